The summed E-state index contributed by atoms with van der Waals surface area (Å²) in [5.41, 5.74) is 6.18. The van der Waals surface area contributed by atoms with Crippen molar-refractivity contribution in [1.29, 1.82) is 0 Å². The number of nitrogens with zero attached hydrogens (tertiary/aromatic N) is 1. The topological polar surface area (TPSA) is 63.4 Å². The molecule has 2 atom stereocenters. The summed E-state index contributed by atoms with van der Waals surface area (Å²) in [5.74, 6) is -0.723. The minimum atomic E-state index is -0.335. The standard InChI is InChI=1S/C15H18Cl2N2O2/c1-9(6-10-2-3-12(16)7-13(10)17)15(21)19-5-4-11(8-19)14(18)20/h2-3,7,9,11H,4-6,8H2,1H3,(H2,18,20)/t9-,11-/m0/s1. The molecule has 6 heteroatoms. The normalized spacial score (nSPS) is 19.6. The summed E-state index contributed by atoms with van der Waals surface area (Å²) in [6.07, 6.45) is 1.20. The maximum atomic E-state index is 12.4. The highest BCUT2D eigenvalue weighted by atomic mass is 35.5. The van der Waals surface area contributed by atoms with Gasteiger partial charge in [-0.05, 0) is 30.5 Å². The zero-order valence-corrected chi connectivity index (χ0v) is 13.3. The van der Waals surface area contributed by atoms with E-state index in [0.29, 0.717) is 36.0 Å². The first-order valence-corrected chi connectivity index (χ1v) is 7.66. The number of nitrogens with two attached hydrogens (primary N) is 1. The molecule has 1 fully saturated rings. The van der Waals surface area contributed by atoms with Crippen LogP contribution in [0.4, 0.5) is 0 Å². The highest BCUT2D eigenvalue weighted by Crippen LogP contribution is 2.25. The SMILES string of the molecule is C[C@@H](Cc1ccc(Cl)cc1Cl)C(=O)N1CC[C@H](C(N)=O)C1. The lowest BCUT2D eigenvalue weighted by atomic mass is 10.00. The molecule has 1 aromatic rings. The van der Waals surface area contributed by atoms with Crippen molar-refractivity contribution in [2.75, 3.05) is 13.1 Å². The zero-order chi connectivity index (χ0) is 15.6. The first-order chi connectivity index (χ1) is 9.88. The van der Waals surface area contributed by atoms with Crippen molar-refractivity contribution >= 4 is 35.0 Å². The van der Waals surface area contributed by atoms with E-state index in [2.05, 4.69) is 0 Å². The minimum Gasteiger partial charge on any atom is -0.369 e. The molecule has 0 unspecified atom stereocenters. The Morgan fingerprint density at radius 2 is 2.14 bits per heavy atom. The first-order valence-electron chi connectivity index (χ1n) is 6.90. The molecular formula is C15H18Cl2N2O2. The molecule has 1 saturated heterocycles. The molecule has 2 rings (SSSR count). The molecule has 1 aromatic carbocycles. The molecule has 0 saturated carbocycles. The molecule has 0 bridgehead atoms. The van der Waals surface area contributed by atoms with E-state index in [-0.39, 0.29) is 23.7 Å². The van der Waals surface area contributed by atoms with E-state index in [1.807, 2.05) is 13.0 Å². The van der Waals surface area contributed by atoms with Crippen LogP contribution < -0.4 is 5.73 Å². The van der Waals surface area contributed by atoms with Crippen molar-refractivity contribution in [3.05, 3.63) is 33.8 Å². The number of halogens is 2. The molecule has 2 N–H and O–H groups in total. The van der Waals surface area contributed by atoms with Gasteiger partial charge in [-0.25, -0.2) is 0 Å². The van der Waals surface area contributed by atoms with E-state index in [0.717, 1.165) is 5.56 Å². The van der Waals surface area contributed by atoms with Crippen molar-refractivity contribution in [2.45, 2.75) is 19.8 Å². The van der Waals surface area contributed by atoms with Crippen LogP contribution in [0.25, 0.3) is 0 Å². The largest absolute Gasteiger partial charge is 0.369 e. The molecule has 0 spiro atoms. The fourth-order valence-electron chi connectivity index (χ4n) is 2.61. The average molecular weight is 329 g/mol. The number of benzene rings is 1. The predicted molar refractivity (Wildman–Crippen MR) is 83.2 cm³/mol. The predicted octanol–water partition coefficient (Wildman–Crippen LogP) is 2.51. The second-order valence-electron chi connectivity index (χ2n) is 5.51. The smallest absolute Gasteiger partial charge is 0.225 e. The van der Waals surface area contributed by atoms with Gasteiger partial charge in [-0.15, -0.1) is 0 Å². The number of rotatable bonds is 4. The van der Waals surface area contributed by atoms with Gasteiger partial charge in [-0.3, -0.25) is 9.59 Å². The van der Waals surface area contributed by atoms with Crippen LogP contribution in [0.2, 0.25) is 10.0 Å². The van der Waals surface area contributed by atoms with Crippen molar-refractivity contribution in [3.8, 4) is 0 Å². The lowest BCUT2D eigenvalue weighted by Gasteiger charge is -2.21. The van der Waals surface area contributed by atoms with Crippen molar-refractivity contribution in [3.63, 3.8) is 0 Å². The van der Waals surface area contributed by atoms with Crippen molar-refractivity contribution in [1.82, 2.24) is 4.90 Å². The Hall–Kier alpha value is -1.26. The number of amides is 2. The molecular weight excluding hydrogens is 311 g/mol. The molecule has 2 amide bonds. The van der Waals surface area contributed by atoms with Gasteiger partial charge < -0.3 is 10.6 Å². The van der Waals surface area contributed by atoms with E-state index in [1.165, 1.54) is 0 Å². The second kappa shape index (κ2) is 6.67. The van der Waals surface area contributed by atoms with E-state index < -0.39 is 0 Å². The summed E-state index contributed by atoms with van der Waals surface area (Å²) in [7, 11) is 0. The molecule has 1 heterocycles. The Labute approximate surface area is 134 Å². The first kappa shape index (κ1) is 16.1. The van der Waals surface area contributed by atoms with Crippen LogP contribution in [0.15, 0.2) is 18.2 Å². The molecule has 0 aromatic heterocycles. The summed E-state index contributed by atoms with van der Waals surface area (Å²) in [4.78, 5) is 25.3. The minimum absolute atomic E-state index is 0.0322. The van der Waals surface area contributed by atoms with E-state index >= 15 is 0 Å². The van der Waals surface area contributed by atoms with Crippen molar-refractivity contribution in [2.24, 2.45) is 17.6 Å². The van der Waals surface area contributed by atoms with Crippen LogP contribution >= 0.6 is 23.2 Å². The summed E-state index contributed by atoms with van der Waals surface area (Å²) in [6, 6.07) is 5.28. The highest BCUT2D eigenvalue weighted by molar-refractivity contribution is 6.35. The van der Waals surface area contributed by atoms with Crippen LogP contribution in [-0.2, 0) is 16.0 Å². The Balaban J connectivity index is 1.98. The van der Waals surface area contributed by atoms with Crippen LogP contribution in [0.5, 0.6) is 0 Å². The number of hydrogen-bond donors (Lipinski definition) is 1. The second-order valence-corrected chi connectivity index (χ2v) is 6.36. The Kier molecular flexibility index (Phi) is 5.12. The van der Waals surface area contributed by atoms with Gasteiger partial charge in [0.05, 0.1) is 5.92 Å². The lowest BCUT2D eigenvalue weighted by molar-refractivity contribution is -0.134. The molecule has 0 aliphatic carbocycles. The Morgan fingerprint density at radius 1 is 1.43 bits per heavy atom. The maximum absolute atomic E-state index is 12.4. The van der Waals surface area contributed by atoms with Crippen LogP contribution in [0.3, 0.4) is 0 Å². The van der Waals surface area contributed by atoms with Gasteiger partial charge in [0.2, 0.25) is 11.8 Å². The summed E-state index contributed by atoms with van der Waals surface area (Å²) >= 11 is 12.0. The lowest BCUT2D eigenvalue weighted by Crippen LogP contribution is -2.35. The monoisotopic (exact) mass is 328 g/mol. The van der Waals surface area contributed by atoms with Gasteiger partial charge >= 0.3 is 0 Å². The summed E-state index contributed by atoms with van der Waals surface area (Å²) < 4.78 is 0. The van der Waals surface area contributed by atoms with Gasteiger partial charge in [-0.2, -0.15) is 0 Å². The van der Waals surface area contributed by atoms with Gasteiger partial charge in [-0.1, -0.05) is 36.2 Å². The van der Waals surface area contributed by atoms with E-state index in [1.54, 1.807) is 17.0 Å². The molecule has 4 nitrogen and oxygen atoms in total. The van der Waals surface area contributed by atoms with Crippen LogP contribution in [0, 0.1) is 11.8 Å². The third kappa shape index (κ3) is 3.89. The van der Waals surface area contributed by atoms with Gasteiger partial charge in [0.25, 0.3) is 0 Å². The van der Waals surface area contributed by atoms with Gasteiger partial charge in [0, 0.05) is 29.1 Å². The molecule has 1 aliphatic heterocycles. The van der Waals surface area contributed by atoms with E-state index in [9.17, 15) is 9.59 Å². The fraction of sp³-hybridized carbons (Fsp3) is 0.467. The van der Waals surface area contributed by atoms with E-state index in [4.69, 9.17) is 28.9 Å². The average Bonchev–Trinajstić information content (AvgIpc) is 2.90. The molecule has 1 aliphatic rings. The van der Waals surface area contributed by atoms with Crippen molar-refractivity contribution < 1.29 is 9.59 Å². The zero-order valence-electron chi connectivity index (χ0n) is 11.8. The van der Waals surface area contributed by atoms with Crippen LogP contribution in [0.1, 0.15) is 18.9 Å². The summed E-state index contributed by atoms with van der Waals surface area (Å²) in [5, 5.41) is 1.14. The summed E-state index contributed by atoms with van der Waals surface area (Å²) in [6.45, 7) is 2.88. The molecule has 21 heavy (non-hydrogen) atoms. The maximum Gasteiger partial charge on any atom is 0.225 e. The fourth-order valence-corrected chi connectivity index (χ4v) is 3.09. The molecule has 114 valence electrons. The highest BCUT2D eigenvalue weighted by Gasteiger charge is 2.31. The number of likely N-dealkylation sites (tertiary alicyclic amines) is 1. The Bertz CT molecular complexity index is 563. The number of primary amides is 1. The Morgan fingerprint density at radius 3 is 2.71 bits per heavy atom. The number of carbonyl (C=O) groups is 2. The van der Waals surface area contributed by atoms with Gasteiger partial charge in [0.1, 0.15) is 0 Å². The third-order valence-electron chi connectivity index (χ3n) is 3.87. The number of hydrogen-bond acceptors (Lipinski definition) is 2. The molecule has 0 radical (unpaired) electrons. The van der Waals surface area contributed by atoms with Crippen LogP contribution in [-0.4, -0.2) is 29.8 Å². The number of carbonyl (C=O) groups excluding carboxylic acids is 2. The quantitative estimate of drug-likeness (QED) is 0.922. The van der Waals surface area contributed by atoms with Gasteiger partial charge in [0.15, 0.2) is 0 Å². The third-order valence-corrected chi connectivity index (χ3v) is 4.45.